The summed E-state index contributed by atoms with van der Waals surface area (Å²) in [7, 11) is 1.42. The molecule has 0 saturated carbocycles. The second-order valence-electron chi connectivity index (χ2n) is 5.96. The van der Waals surface area contributed by atoms with E-state index in [1.54, 1.807) is 12.1 Å². The van der Waals surface area contributed by atoms with Gasteiger partial charge in [-0.15, -0.1) is 0 Å². The van der Waals surface area contributed by atoms with Gasteiger partial charge in [0, 0.05) is 19.8 Å². The van der Waals surface area contributed by atoms with Gasteiger partial charge in [-0.3, -0.25) is 0 Å². The van der Waals surface area contributed by atoms with E-state index in [0.29, 0.717) is 5.69 Å². The first kappa shape index (κ1) is 19.6. The summed E-state index contributed by atoms with van der Waals surface area (Å²) >= 11 is 0. The average molecular weight is 367 g/mol. The van der Waals surface area contributed by atoms with Crippen molar-refractivity contribution in [1.29, 1.82) is 0 Å². The van der Waals surface area contributed by atoms with Gasteiger partial charge in [-0.25, -0.2) is 9.78 Å². The van der Waals surface area contributed by atoms with Gasteiger partial charge in [-0.1, -0.05) is 18.2 Å². The Balaban J connectivity index is 2.13. The summed E-state index contributed by atoms with van der Waals surface area (Å²) in [6.45, 7) is 3.45. The van der Waals surface area contributed by atoms with Crippen molar-refractivity contribution < 1.29 is 22.7 Å². The smallest absolute Gasteiger partial charge is 0.416 e. The quantitative estimate of drug-likeness (QED) is 0.843. The van der Waals surface area contributed by atoms with Crippen LogP contribution in [0.1, 0.15) is 25.0 Å². The van der Waals surface area contributed by atoms with Crippen LogP contribution in [0.25, 0.3) is 0 Å². The first-order valence-corrected chi connectivity index (χ1v) is 7.97. The van der Waals surface area contributed by atoms with Gasteiger partial charge in [0.1, 0.15) is 5.69 Å². The fourth-order valence-corrected chi connectivity index (χ4v) is 2.28. The Hall–Kier alpha value is -2.77. The van der Waals surface area contributed by atoms with Crippen LogP contribution in [0.4, 0.5) is 23.7 Å². The van der Waals surface area contributed by atoms with E-state index in [9.17, 15) is 18.0 Å². The summed E-state index contributed by atoms with van der Waals surface area (Å²) in [4.78, 5) is 17.6. The summed E-state index contributed by atoms with van der Waals surface area (Å²) in [6, 6.07) is 7.84. The minimum absolute atomic E-state index is 0.0162. The van der Waals surface area contributed by atoms with Crippen molar-refractivity contribution in [3.05, 3.63) is 53.7 Å². The third-order valence-corrected chi connectivity index (χ3v) is 3.44. The van der Waals surface area contributed by atoms with E-state index in [1.165, 1.54) is 31.4 Å². The number of aromatic nitrogens is 1. The van der Waals surface area contributed by atoms with Crippen LogP contribution >= 0.6 is 0 Å². The highest BCUT2D eigenvalue weighted by Gasteiger charge is 2.33. The molecule has 0 unspecified atom stereocenters. The van der Waals surface area contributed by atoms with Crippen molar-refractivity contribution in [2.75, 3.05) is 12.4 Å². The number of amides is 2. The van der Waals surface area contributed by atoms with Gasteiger partial charge >= 0.3 is 12.2 Å². The van der Waals surface area contributed by atoms with Crippen LogP contribution in [0.3, 0.4) is 0 Å². The highest BCUT2D eigenvalue weighted by molar-refractivity contribution is 5.90. The van der Waals surface area contributed by atoms with E-state index in [-0.39, 0.29) is 24.1 Å². The first-order valence-electron chi connectivity index (χ1n) is 7.97. The standard InChI is InChI=1S/C18H20F3N3O2/c1-12(2)26-16-15(9-6-10-22-16)23-17(25)24(3)11-13-7-4-5-8-14(13)18(19,20)21/h4-10,12H,11H2,1-3H3,(H,23,25). The van der Waals surface area contributed by atoms with E-state index in [0.717, 1.165) is 11.0 Å². The molecule has 2 amide bonds. The van der Waals surface area contributed by atoms with Crippen molar-refractivity contribution in [3.63, 3.8) is 0 Å². The lowest BCUT2D eigenvalue weighted by molar-refractivity contribution is -0.138. The number of alkyl halides is 3. The summed E-state index contributed by atoms with van der Waals surface area (Å²) in [6.07, 6.45) is -3.09. The molecule has 0 aliphatic heterocycles. The van der Waals surface area contributed by atoms with E-state index < -0.39 is 17.8 Å². The number of halogens is 3. The number of carbonyl (C=O) groups is 1. The molecule has 0 atom stereocenters. The molecule has 0 bridgehead atoms. The van der Waals surface area contributed by atoms with Crippen LogP contribution in [0.15, 0.2) is 42.6 Å². The Morgan fingerprint density at radius 2 is 1.92 bits per heavy atom. The second-order valence-corrected chi connectivity index (χ2v) is 5.96. The van der Waals surface area contributed by atoms with Crippen LogP contribution in [-0.4, -0.2) is 29.1 Å². The lowest BCUT2D eigenvalue weighted by atomic mass is 10.1. The minimum Gasteiger partial charge on any atom is -0.473 e. The highest BCUT2D eigenvalue weighted by atomic mass is 19.4. The van der Waals surface area contributed by atoms with E-state index in [2.05, 4.69) is 10.3 Å². The Morgan fingerprint density at radius 3 is 2.58 bits per heavy atom. The van der Waals surface area contributed by atoms with Gasteiger partial charge in [0.15, 0.2) is 0 Å². The van der Waals surface area contributed by atoms with Crippen LogP contribution in [0.2, 0.25) is 0 Å². The molecular weight excluding hydrogens is 347 g/mol. The molecule has 0 fully saturated rings. The zero-order chi connectivity index (χ0) is 19.3. The Kier molecular flexibility index (Phi) is 6.07. The van der Waals surface area contributed by atoms with Gasteiger partial charge in [0.2, 0.25) is 5.88 Å². The molecule has 5 nitrogen and oxygen atoms in total. The number of rotatable bonds is 5. The number of hydrogen-bond acceptors (Lipinski definition) is 3. The zero-order valence-electron chi connectivity index (χ0n) is 14.7. The predicted octanol–water partition coefficient (Wildman–Crippen LogP) is 4.55. The number of hydrogen-bond donors (Lipinski definition) is 1. The van der Waals surface area contributed by atoms with Gasteiger partial charge in [-0.2, -0.15) is 13.2 Å². The third-order valence-electron chi connectivity index (χ3n) is 3.44. The highest BCUT2D eigenvalue weighted by Crippen LogP contribution is 2.32. The van der Waals surface area contributed by atoms with Crippen LogP contribution < -0.4 is 10.1 Å². The van der Waals surface area contributed by atoms with Gasteiger partial charge < -0.3 is 15.0 Å². The van der Waals surface area contributed by atoms with Crippen molar-refractivity contribution in [3.8, 4) is 5.88 Å². The largest absolute Gasteiger partial charge is 0.473 e. The van der Waals surface area contributed by atoms with Crippen molar-refractivity contribution in [1.82, 2.24) is 9.88 Å². The fraction of sp³-hybridized carbons (Fsp3) is 0.333. The van der Waals surface area contributed by atoms with Crippen molar-refractivity contribution >= 4 is 11.7 Å². The molecule has 8 heteroatoms. The van der Waals surface area contributed by atoms with E-state index in [4.69, 9.17) is 4.74 Å². The Bertz CT molecular complexity index is 763. The van der Waals surface area contributed by atoms with E-state index in [1.807, 2.05) is 13.8 Å². The number of ether oxygens (including phenoxy) is 1. The molecule has 1 heterocycles. The normalized spacial score (nSPS) is 11.3. The third kappa shape index (κ3) is 5.11. The molecule has 140 valence electrons. The number of benzene rings is 1. The van der Waals surface area contributed by atoms with Crippen molar-refractivity contribution in [2.45, 2.75) is 32.7 Å². The Labute approximate surface area is 149 Å². The molecule has 1 aromatic carbocycles. The second kappa shape index (κ2) is 8.07. The van der Waals surface area contributed by atoms with Gasteiger partial charge in [-0.05, 0) is 37.6 Å². The molecular formula is C18H20F3N3O2. The number of nitrogens with zero attached hydrogens (tertiary/aromatic N) is 2. The summed E-state index contributed by atoms with van der Waals surface area (Å²) in [5.41, 5.74) is -0.394. The maximum Gasteiger partial charge on any atom is 0.416 e. The molecule has 0 aliphatic rings. The average Bonchev–Trinajstić information content (AvgIpc) is 2.55. The van der Waals surface area contributed by atoms with E-state index >= 15 is 0 Å². The maximum absolute atomic E-state index is 13.1. The lowest BCUT2D eigenvalue weighted by Crippen LogP contribution is -2.32. The van der Waals surface area contributed by atoms with Crippen LogP contribution in [-0.2, 0) is 12.7 Å². The number of urea groups is 1. The maximum atomic E-state index is 13.1. The lowest BCUT2D eigenvalue weighted by Gasteiger charge is -2.21. The summed E-state index contributed by atoms with van der Waals surface area (Å²) < 4.78 is 44.7. The Morgan fingerprint density at radius 1 is 1.23 bits per heavy atom. The number of pyridine rings is 1. The minimum atomic E-state index is -4.48. The monoisotopic (exact) mass is 367 g/mol. The summed E-state index contributed by atoms with van der Waals surface area (Å²) in [5, 5.41) is 2.61. The topological polar surface area (TPSA) is 54.5 Å². The van der Waals surface area contributed by atoms with Crippen LogP contribution in [0.5, 0.6) is 5.88 Å². The molecule has 2 aromatic rings. The van der Waals surface area contributed by atoms with Gasteiger partial charge in [0.05, 0.1) is 11.7 Å². The number of nitrogens with one attached hydrogen (secondary N) is 1. The van der Waals surface area contributed by atoms with Crippen molar-refractivity contribution in [2.24, 2.45) is 0 Å². The molecule has 1 N–H and O–H groups in total. The van der Waals surface area contributed by atoms with Crippen LogP contribution in [0, 0.1) is 0 Å². The van der Waals surface area contributed by atoms with Gasteiger partial charge in [0.25, 0.3) is 0 Å². The molecule has 0 spiro atoms. The zero-order valence-corrected chi connectivity index (χ0v) is 14.7. The molecule has 1 aromatic heterocycles. The number of carbonyl (C=O) groups excluding carboxylic acids is 1. The summed E-state index contributed by atoms with van der Waals surface area (Å²) in [5.74, 6) is 0.250. The molecule has 0 saturated heterocycles. The predicted molar refractivity (Wildman–Crippen MR) is 91.9 cm³/mol. The number of anilines is 1. The first-order chi connectivity index (χ1) is 12.2. The fourth-order valence-electron chi connectivity index (χ4n) is 2.28. The molecule has 2 rings (SSSR count). The molecule has 0 radical (unpaired) electrons. The SMILES string of the molecule is CC(C)Oc1ncccc1NC(=O)N(C)Cc1ccccc1C(F)(F)F. The molecule has 0 aliphatic carbocycles. The molecule has 26 heavy (non-hydrogen) atoms.